The number of hydrogen-bond donors (Lipinski definition) is 1. The molecule has 0 unspecified atom stereocenters. The summed E-state index contributed by atoms with van der Waals surface area (Å²) in [5, 5.41) is 3.20. The number of para-hydroxylation sites is 1. The molecule has 2 aromatic carbocycles. The van der Waals surface area contributed by atoms with Gasteiger partial charge in [-0.15, -0.1) is 0 Å². The Kier molecular flexibility index (Phi) is 5.27. The second-order valence-electron chi connectivity index (χ2n) is 6.39. The summed E-state index contributed by atoms with van der Waals surface area (Å²) < 4.78 is 0. The lowest BCUT2D eigenvalue weighted by Gasteiger charge is -2.16. The summed E-state index contributed by atoms with van der Waals surface area (Å²) in [6, 6.07) is 17.7. The molecule has 1 amide bonds. The lowest BCUT2D eigenvalue weighted by atomic mass is 10.0. The third-order valence-corrected chi connectivity index (χ3v) is 4.17. The standard InChI is InChI=1S/C21H22N4O/c1-15(2)16-9-11-17(12-10-16)24-20-14-22-19(13-23-20)21(26)25(3)18-7-5-4-6-8-18/h4-15H,1-3H3,(H,23,24). The fourth-order valence-corrected chi connectivity index (χ4v) is 2.54. The van der Waals surface area contributed by atoms with Crippen LogP contribution in [0.1, 0.15) is 35.8 Å². The molecule has 1 heterocycles. The van der Waals surface area contributed by atoms with E-state index in [1.807, 2.05) is 42.5 Å². The highest BCUT2D eigenvalue weighted by Crippen LogP contribution is 2.20. The summed E-state index contributed by atoms with van der Waals surface area (Å²) in [7, 11) is 1.72. The molecular weight excluding hydrogens is 324 g/mol. The average Bonchev–Trinajstić information content (AvgIpc) is 2.68. The molecule has 132 valence electrons. The van der Waals surface area contributed by atoms with E-state index < -0.39 is 0 Å². The van der Waals surface area contributed by atoms with E-state index in [9.17, 15) is 4.79 Å². The quantitative estimate of drug-likeness (QED) is 0.732. The molecule has 3 aromatic rings. The largest absolute Gasteiger partial charge is 0.339 e. The molecule has 5 heteroatoms. The van der Waals surface area contributed by atoms with Crippen LogP contribution >= 0.6 is 0 Å². The van der Waals surface area contributed by atoms with Crippen molar-refractivity contribution in [2.75, 3.05) is 17.3 Å². The van der Waals surface area contributed by atoms with Gasteiger partial charge in [0.1, 0.15) is 11.5 Å². The molecule has 0 aliphatic heterocycles. The molecule has 0 aliphatic carbocycles. The molecule has 0 bridgehead atoms. The van der Waals surface area contributed by atoms with Crippen LogP contribution in [0.3, 0.4) is 0 Å². The van der Waals surface area contributed by atoms with E-state index in [0.717, 1.165) is 11.4 Å². The number of anilines is 3. The van der Waals surface area contributed by atoms with E-state index in [0.29, 0.717) is 17.4 Å². The number of aromatic nitrogens is 2. The number of carbonyl (C=O) groups is 1. The Hall–Kier alpha value is -3.21. The first kappa shape index (κ1) is 17.6. The van der Waals surface area contributed by atoms with Crippen molar-refractivity contribution in [3.05, 3.63) is 78.2 Å². The highest BCUT2D eigenvalue weighted by atomic mass is 16.2. The third-order valence-electron chi connectivity index (χ3n) is 4.17. The molecule has 0 atom stereocenters. The molecule has 0 fully saturated rings. The fourth-order valence-electron chi connectivity index (χ4n) is 2.54. The van der Waals surface area contributed by atoms with Crippen molar-refractivity contribution in [2.24, 2.45) is 0 Å². The Balaban J connectivity index is 1.69. The lowest BCUT2D eigenvalue weighted by Crippen LogP contribution is -2.27. The van der Waals surface area contributed by atoms with Crippen LogP contribution in [-0.4, -0.2) is 22.9 Å². The Morgan fingerprint density at radius 3 is 2.23 bits per heavy atom. The first-order valence-electron chi connectivity index (χ1n) is 8.56. The predicted molar refractivity (Wildman–Crippen MR) is 105 cm³/mol. The Labute approximate surface area is 153 Å². The number of amides is 1. The molecule has 0 saturated heterocycles. The average molecular weight is 346 g/mol. The summed E-state index contributed by atoms with van der Waals surface area (Å²) >= 11 is 0. The minimum atomic E-state index is -0.198. The van der Waals surface area contributed by atoms with Crippen LogP contribution in [0.15, 0.2) is 67.0 Å². The van der Waals surface area contributed by atoms with E-state index >= 15 is 0 Å². The Bertz CT molecular complexity index is 859. The molecule has 0 saturated carbocycles. The maximum atomic E-state index is 12.5. The summed E-state index contributed by atoms with van der Waals surface area (Å²) in [6.45, 7) is 4.33. The molecule has 0 spiro atoms. The zero-order valence-electron chi connectivity index (χ0n) is 15.2. The molecule has 3 rings (SSSR count). The van der Waals surface area contributed by atoms with E-state index in [1.54, 1.807) is 18.1 Å². The van der Waals surface area contributed by atoms with Crippen molar-refractivity contribution in [1.82, 2.24) is 9.97 Å². The SMILES string of the molecule is CC(C)c1ccc(Nc2cnc(C(=O)N(C)c3ccccc3)cn2)cc1. The van der Waals surface area contributed by atoms with Crippen molar-refractivity contribution in [1.29, 1.82) is 0 Å². The maximum absolute atomic E-state index is 12.5. The summed E-state index contributed by atoms with van der Waals surface area (Å²) in [6.07, 6.45) is 3.06. The smallest absolute Gasteiger partial charge is 0.278 e. The minimum absolute atomic E-state index is 0.198. The van der Waals surface area contributed by atoms with Crippen molar-refractivity contribution >= 4 is 23.1 Å². The van der Waals surface area contributed by atoms with Crippen LogP contribution in [0.2, 0.25) is 0 Å². The fraction of sp³-hybridized carbons (Fsp3) is 0.190. The zero-order chi connectivity index (χ0) is 18.5. The number of hydrogen-bond acceptors (Lipinski definition) is 4. The molecule has 0 radical (unpaired) electrons. The van der Waals surface area contributed by atoms with Gasteiger partial charge in [0.15, 0.2) is 0 Å². The second kappa shape index (κ2) is 7.78. The van der Waals surface area contributed by atoms with Crippen molar-refractivity contribution in [2.45, 2.75) is 19.8 Å². The first-order chi connectivity index (χ1) is 12.5. The number of carbonyl (C=O) groups excluding carboxylic acids is 1. The van der Waals surface area contributed by atoms with Crippen LogP contribution in [0.5, 0.6) is 0 Å². The minimum Gasteiger partial charge on any atom is -0.339 e. The summed E-state index contributed by atoms with van der Waals surface area (Å²) in [5.74, 6) is 0.897. The lowest BCUT2D eigenvalue weighted by molar-refractivity contribution is 0.0988. The Morgan fingerprint density at radius 2 is 1.65 bits per heavy atom. The first-order valence-corrected chi connectivity index (χ1v) is 8.56. The number of benzene rings is 2. The van der Waals surface area contributed by atoms with Gasteiger partial charge in [-0.3, -0.25) is 4.79 Å². The van der Waals surface area contributed by atoms with Gasteiger partial charge in [-0.2, -0.15) is 0 Å². The van der Waals surface area contributed by atoms with Crippen LogP contribution in [0, 0.1) is 0 Å². The predicted octanol–water partition coefficient (Wildman–Crippen LogP) is 4.62. The second-order valence-corrected chi connectivity index (χ2v) is 6.39. The molecule has 1 N–H and O–H groups in total. The van der Waals surface area contributed by atoms with Crippen LogP contribution in [0.25, 0.3) is 0 Å². The zero-order valence-corrected chi connectivity index (χ0v) is 15.2. The Morgan fingerprint density at radius 1 is 0.962 bits per heavy atom. The van der Waals surface area contributed by atoms with Crippen LogP contribution in [0.4, 0.5) is 17.2 Å². The molecule has 5 nitrogen and oxygen atoms in total. The molecular formula is C21H22N4O. The van der Waals surface area contributed by atoms with Crippen LogP contribution < -0.4 is 10.2 Å². The van der Waals surface area contributed by atoms with Gasteiger partial charge in [0.2, 0.25) is 0 Å². The van der Waals surface area contributed by atoms with Gasteiger partial charge in [-0.1, -0.05) is 44.2 Å². The van der Waals surface area contributed by atoms with E-state index in [4.69, 9.17) is 0 Å². The topological polar surface area (TPSA) is 58.1 Å². The van der Waals surface area contributed by atoms with Gasteiger partial charge in [-0.05, 0) is 35.7 Å². The van der Waals surface area contributed by atoms with Gasteiger partial charge in [0.05, 0.1) is 12.4 Å². The molecule has 1 aromatic heterocycles. The van der Waals surface area contributed by atoms with Crippen molar-refractivity contribution < 1.29 is 4.79 Å². The van der Waals surface area contributed by atoms with Gasteiger partial charge in [0.25, 0.3) is 5.91 Å². The molecule has 0 aliphatic rings. The van der Waals surface area contributed by atoms with Crippen molar-refractivity contribution in [3.63, 3.8) is 0 Å². The summed E-state index contributed by atoms with van der Waals surface area (Å²) in [4.78, 5) is 22.6. The normalized spacial score (nSPS) is 10.6. The number of nitrogens with zero attached hydrogens (tertiary/aromatic N) is 3. The highest BCUT2D eigenvalue weighted by Gasteiger charge is 2.15. The van der Waals surface area contributed by atoms with E-state index in [2.05, 4.69) is 41.3 Å². The van der Waals surface area contributed by atoms with Gasteiger partial charge in [-0.25, -0.2) is 9.97 Å². The third kappa shape index (κ3) is 4.06. The van der Waals surface area contributed by atoms with Gasteiger partial charge in [0, 0.05) is 18.4 Å². The molecule has 26 heavy (non-hydrogen) atoms. The van der Waals surface area contributed by atoms with Gasteiger partial charge < -0.3 is 10.2 Å². The summed E-state index contributed by atoms with van der Waals surface area (Å²) in [5.41, 5.74) is 3.33. The van der Waals surface area contributed by atoms with E-state index in [-0.39, 0.29) is 5.91 Å². The maximum Gasteiger partial charge on any atom is 0.278 e. The van der Waals surface area contributed by atoms with Crippen molar-refractivity contribution in [3.8, 4) is 0 Å². The highest BCUT2D eigenvalue weighted by molar-refractivity contribution is 6.04. The van der Waals surface area contributed by atoms with Gasteiger partial charge >= 0.3 is 0 Å². The monoisotopic (exact) mass is 346 g/mol. The van der Waals surface area contributed by atoms with E-state index in [1.165, 1.54) is 11.8 Å². The number of nitrogens with one attached hydrogen (secondary N) is 1. The van der Waals surface area contributed by atoms with Crippen LogP contribution in [-0.2, 0) is 0 Å². The number of rotatable bonds is 5.